The van der Waals surface area contributed by atoms with E-state index in [1.54, 1.807) is 17.5 Å². The van der Waals surface area contributed by atoms with Crippen molar-refractivity contribution in [2.24, 2.45) is 7.05 Å². The highest BCUT2D eigenvalue weighted by Crippen LogP contribution is 2.43. The third kappa shape index (κ3) is 2.12. The fraction of sp³-hybridized carbons (Fsp3) is 0.125. The maximum Gasteiger partial charge on any atom is 0.230 e. The van der Waals surface area contributed by atoms with Crippen molar-refractivity contribution in [2.45, 2.75) is 13.8 Å². The molecule has 26 heavy (non-hydrogen) atoms. The van der Waals surface area contributed by atoms with E-state index < -0.39 is 6.85 Å². The molecule has 0 amide bonds. The minimum atomic E-state index is -2.18. The first-order valence-corrected chi connectivity index (χ1v) is 9.51. The molecule has 0 fully saturated rings. The van der Waals surface area contributed by atoms with Gasteiger partial charge >= 0.3 is 0 Å². The predicted octanol–water partition coefficient (Wildman–Crippen LogP) is 6.32. The number of aromatic nitrogens is 1. The Bertz CT molecular complexity index is 1410. The maximum absolute atomic E-state index is 8.17. The van der Waals surface area contributed by atoms with Gasteiger partial charge in [-0.15, -0.1) is 11.3 Å². The first-order valence-electron chi connectivity index (χ1n) is 10.2. The van der Waals surface area contributed by atoms with Crippen molar-refractivity contribution in [3.05, 3.63) is 78.0 Å². The van der Waals surface area contributed by atoms with Gasteiger partial charge in [-0.3, -0.25) is 0 Å². The van der Waals surface area contributed by atoms with Crippen LogP contribution in [-0.4, -0.2) is 0 Å². The fourth-order valence-electron chi connectivity index (χ4n) is 3.89. The van der Waals surface area contributed by atoms with Crippen molar-refractivity contribution in [3.8, 4) is 11.3 Å². The zero-order valence-electron chi connectivity index (χ0n) is 17.7. The van der Waals surface area contributed by atoms with Gasteiger partial charge in [-0.2, -0.15) is 4.57 Å². The molecule has 1 nitrogen and oxygen atoms in total. The monoisotopic (exact) mass is 357 g/mol. The molecule has 2 aromatic heterocycles. The highest BCUT2D eigenvalue weighted by atomic mass is 32.1. The molecule has 2 heterocycles. The lowest BCUT2D eigenvalue weighted by atomic mass is 10.0. The zero-order chi connectivity index (χ0) is 20.3. The van der Waals surface area contributed by atoms with Crippen molar-refractivity contribution in [3.63, 3.8) is 0 Å². The Balaban J connectivity index is 2.04. The van der Waals surface area contributed by atoms with Gasteiger partial charge in [0.05, 0.1) is 5.56 Å². The third-order valence-electron chi connectivity index (χ3n) is 5.14. The van der Waals surface area contributed by atoms with Gasteiger partial charge in [0.1, 0.15) is 11.7 Å². The first-order chi connectivity index (χ1) is 13.9. The highest BCUT2D eigenvalue weighted by molar-refractivity contribution is 7.27. The molecule has 0 saturated carbocycles. The van der Waals surface area contributed by atoms with Gasteiger partial charge in [-0.25, -0.2) is 0 Å². The maximum atomic E-state index is 8.17. The number of fused-ring (bicyclic) bond motifs is 5. The number of hydrogen-bond acceptors (Lipinski definition) is 1. The van der Waals surface area contributed by atoms with E-state index in [1.165, 1.54) is 16.3 Å². The van der Waals surface area contributed by atoms with E-state index in [0.717, 1.165) is 31.4 Å². The molecule has 3 aromatic carbocycles. The minimum absolute atomic E-state index is 0.411. The van der Waals surface area contributed by atoms with Crippen molar-refractivity contribution < 1.29 is 8.68 Å². The molecule has 0 radical (unpaired) electrons. The number of rotatable bonds is 1. The van der Waals surface area contributed by atoms with Crippen LogP contribution in [0.25, 0.3) is 42.2 Å². The fourth-order valence-corrected chi connectivity index (χ4v) is 5.35. The second-order valence-corrected chi connectivity index (χ2v) is 7.81. The number of hydrogen-bond donors (Lipinski definition) is 0. The quantitative estimate of drug-likeness (QED) is 0.309. The summed E-state index contributed by atoms with van der Waals surface area (Å²) in [5, 5.41) is 4.21. The summed E-state index contributed by atoms with van der Waals surface area (Å²) in [5.74, 6) is 0. The molecule has 0 spiro atoms. The van der Waals surface area contributed by atoms with Crippen LogP contribution in [0, 0.1) is 13.8 Å². The SMILES string of the molecule is [2H]C([2H])([2H])c1c[n+](C)c(-c2ccccc2C)c2sc3c4ccccc4ccc3c12. The first kappa shape index (κ1) is 12.6. The lowest BCUT2D eigenvalue weighted by molar-refractivity contribution is -0.659. The van der Waals surface area contributed by atoms with Crippen LogP contribution in [0.3, 0.4) is 0 Å². The van der Waals surface area contributed by atoms with Crippen molar-refractivity contribution in [1.29, 1.82) is 0 Å². The molecule has 0 aliphatic heterocycles. The van der Waals surface area contributed by atoms with Crippen LogP contribution in [0.2, 0.25) is 0 Å². The van der Waals surface area contributed by atoms with Crippen LogP contribution in [-0.2, 0) is 7.05 Å². The van der Waals surface area contributed by atoms with Crippen LogP contribution in [0.1, 0.15) is 15.2 Å². The van der Waals surface area contributed by atoms with E-state index >= 15 is 0 Å². The number of thiophene rings is 1. The molecule has 5 rings (SSSR count). The van der Waals surface area contributed by atoms with Crippen LogP contribution in [0.4, 0.5) is 0 Å². The number of benzene rings is 3. The van der Waals surface area contributed by atoms with E-state index in [4.69, 9.17) is 4.11 Å². The standard InChI is InChI=1S/C24H20NS/c1-15-8-4-6-10-18(15)22-24-21(16(2)14-25(22)3)20-13-12-17-9-5-7-11-19(17)23(20)26-24/h4-14H,1-3H3/q+1/i2D3. The second kappa shape index (κ2) is 5.65. The smallest absolute Gasteiger partial charge is 0.200 e. The molecule has 0 atom stereocenters. The highest BCUT2D eigenvalue weighted by Gasteiger charge is 2.22. The van der Waals surface area contributed by atoms with Crippen molar-refractivity contribution in [1.82, 2.24) is 0 Å². The normalized spacial score (nSPS) is 13.8. The van der Waals surface area contributed by atoms with Gasteiger partial charge < -0.3 is 0 Å². The van der Waals surface area contributed by atoms with Crippen LogP contribution < -0.4 is 4.57 Å². The summed E-state index contributed by atoms with van der Waals surface area (Å²) in [6.45, 7) is -0.0819. The Morgan fingerprint density at radius 3 is 2.50 bits per heavy atom. The Kier molecular flexibility index (Phi) is 2.74. The summed E-state index contributed by atoms with van der Waals surface area (Å²) < 4.78 is 28.7. The summed E-state index contributed by atoms with van der Waals surface area (Å²) >= 11 is 1.69. The molecule has 0 aliphatic carbocycles. The van der Waals surface area contributed by atoms with Crippen LogP contribution in [0.5, 0.6) is 0 Å². The van der Waals surface area contributed by atoms with Gasteiger partial charge in [0.25, 0.3) is 0 Å². The van der Waals surface area contributed by atoms with E-state index in [0.29, 0.717) is 5.56 Å². The van der Waals surface area contributed by atoms with Crippen LogP contribution in [0.15, 0.2) is 66.9 Å². The predicted molar refractivity (Wildman–Crippen MR) is 113 cm³/mol. The summed E-state index contributed by atoms with van der Waals surface area (Å²) in [4.78, 5) is 0. The Labute approximate surface area is 161 Å². The Morgan fingerprint density at radius 2 is 1.65 bits per heavy atom. The second-order valence-electron chi connectivity index (χ2n) is 6.79. The van der Waals surface area contributed by atoms with E-state index in [1.807, 2.05) is 35.9 Å². The Hall–Kier alpha value is -2.71. The molecule has 0 aliphatic rings. The van der Waals surface area contributed by atoms with Crippen molar-refractivity contribution >= 4 is 42.3 Å². The average molecular weight is 358 g/mol. The summed E-state index contributed by atoms with van der Waals surface area (Å²) in [6, 6.07) is 20.7. The van der Waals surface area contributed by atoms with Gasteiger partial charge in [-0.1, -0.05) is 54.6 Å². The van der Waals surface area contributed by atoms with Crippen molar-refractivity contribution in [2.75, 3.05) is 0 Å². The molecule has 126 valence electrons. The molecule has 0 unspecified atom stereocenters. The molecule has 0 bridgehead atoms. The minimum Gasteiger partial charge on any atom is -0.200 e. The van der Waals surface area contributed by atoms with Gasteiger partial charge in [0.15, 0.2) is 6.20 Å². The molecular formula is C24H20NS+. The summed E-state index contributed by atoms with van der Waals surface area (Å²) in [7, 11) is 1.94. The molecule has 5 aromatic rings. The van der Waals surface area contributed by atoms with Gasteiger partial charge in [-0.05, 0) is 36.2 Å². The van der Waals surface area contributed by atoms with E-state index in [-0.39, 0.29) is 0 Å². The van der Waals surface area contributed by atoms with Crippen LogP contribution >= 0.6 is 11.3 Å². The zero-order valence-corrected chi connectivity index (χ0v) is 15.5. The topological polar surface area (TPSA) is 3.88 Å². The van der Waals surface area contributed by atoms with Gasteiger partial charge in [0, 0.05) is 25.1 Å². The molecular weight excluding hydrogens is 334 g/mol. The number of pyridine rings is 1. The molecule has 0 saturated heterocycles. The lowest BCUT2D eigenvalue weighted by Gasteiger charge is -2.07. The Morgan fingerprint density at radius 1 is 0.846 bits per heavy atom. The number of nitrogens with zero attached hydrogens (tertiary/aromatic N) is 1. The lowest BCUT2D eigenvalue weighted by Crippen LogP contribution is -2.31. The summed E-state index contributed by atoms with van der Waals surface area (Å²) in [6.07, 6.45) is 1.79. The third-order valence-corrected chi connectivity index (χ3v) is 6.39. The van der Waals surface area contributed by atoms with E-state index in [9.17, 15) is 0 Å². The molecule has 0 N–H and O–H groups in total. The summed E-state index contributed by atoms with van der Waals surface area (Å²) in [5.41, 5.74) is 3.78. The van der Waals surface area contributed by atoms with Gasteiger partial charge in [0.2, 0.25) is 5.69 Å². The largest absolute Gasteiger partial charge is 0.230 e. The number of aryl methyl sites for hydroxylation is 3. The van der Waals surface area contributed by atoms with E-state index in [2.05, 4.69) is 43.3 Å². The average Bonchev–Trinajstić information content (AvgIpc) is 3.07. The molecule has 2 heteroatoms.